The molecule has 0 unspecified atom stereocenters. The van der Waals surface area contributed by atoms with Crippen molar-refractivity contribution in [3.8, 4) is 0 Å². The smallest absolute Gasteiger partial charge is 0.222 e. The molecule has 1 aliphatic rings. The standard InChI is InChI=1S/C17H27N3O/c1-20(14-11-16-18-12-6-13-19-16)17(21)10-9-15-7-4-2-3-5-8-15/h6,12-13,15H,2-5,7-11,14H2,1H3. The maximum absolute atomic E-state index is 12.2. The van der Waals surface area contributed by atoms with Gasteiger partial charge >= 0.3 is 0 Å². The third-order valence-corrected chi connectivity index (χ3v) is 4.46. The van der Waals surface area contributed by atoms with Crippen LogP contribution < -0.4 is 0 Å². The van der Waals surface area contributed by atoms with Gasteiger partial charge in [0.2, 0.25) is 5.91 Å². The van der Waals surface area contributed by atoms with Crippen molar-refractivity contribution in [3.63, 3.8) is 0 Å². The molecule has 4 nitrogen and oxygen atoms in total. The summed E-state index contributed by atoms with van der Waals surface area (Å²) >= 11 is 0. The highest BCUT2D eigenvalue weighted by atomic mass is 16.2. The van der Waals surface area contributed by atoms with E-state index in [1.54, 1.807) is 12.4 Å². The highest BCUT2D eigenvalue weighted by Gasteiger charge is 2.15. The minimum atomic E-state index is 0.259. The monoisotopic (exact) mass is 289 g/mol. The minimum Gasteiger partial charge on any atom is -0.345 e. The van der Waals surface area contributed by atoms with Gasteiger partial charge in [0.1, 0.15) is 5.82 Å². The maximum atomic E-state index is 12.2. The zero-order chi connectivity index (χ0) is 14.9. The lowest BCUT2D eigenvalue weighted by Gasteiger charge is -2.19. The van der Waals surface area contributed by atoms with Crippen LogP contribution in [0, 0.1) is 5.92 Å². The summed E-state index contributed by atoms with van der Waals surface area (Å²) in [5.41, 5.74) is 0. The van der Waals surface area contributed by atoms with Gasteiger partial charge in [-0.05, 0) is 18.4 Å². The number of hydrogen-bond acceptors (Lipinski definition) is 3. The first-order valence-corrected chi connectivity index (χ1v) is 8.25. The highest BCUT2D eigenvalue weighted by molar-refractivity contribution is 5.75. The molecule has 1 aliphatic carbocycles. The van der Waals surface area contributed by atoms with Crippen molar-refractivity contribution < 1.29 is 4.79 Å². The molecule has 4 heteroatoms. The third-order valence-electron chi connectivity index (χ3n) is 4.46. The Balaban J connectivity index is 1.67. The van der Waals surface area contributed by atoms with Crippen LogP contribution in [0.25, 0.3) is 0 Å². The lowest BCUT2D eigenvalue weighted by Crippen LogP contribution is -2.29. The molecular formula is C17H27N3O. The number of carbonyl (C=O) groups excluding carboxylic acids is 1. The Morgan fingerprint density at radius 3 is 2.52 bits per heavy atom. The molecule has 1 amide bonds. The van der Waals surface area contributed by atoms with Crippen molar-refractivity contribution in [2.24, 2.45) is 5.92 Å². The highest BCUT2D eigenvalue weighted by Crippen LogP contribution is 2.26. The van der Waals surface area contributed by atoms with Crippen molar-refractivity contribution in [2.45, 2.75) is 57.8 Å². The molecule has 0 saturated heterocycles. The van der Waals surface area contributed by atoms with Crippen LogP contribution in [-0.4, -0.2) is 34.4 Å². The van der Waals surface area contributed by atoms with Crippen molar-refractivity contribution in [1.29, 1.82) is 0 Å². The fourth-order valence-corrected chi connectivity index (χ4v) is 3.02. The molecule has 116 valence electrons. The van der Waals surface area contributed by atoms with E-state index < -0.39 is 0 Å². The van der Waals surface area contributed by atoms with Crippen LogP contribution in [-0.2, 0) is 11.2 Å². The summed E-state index contributed by atoms with van der Waals surface area (Å²) in [5.74, 6) is 1.83. The van der Waals surface area contributed by atoms with Gasteiger partial charge in [0, 0.05) is 38.8 Å². The fourth-order valence-electron chi connectivity index (χ4n) is 3.02. The molecule has 1 fully saturated rings. The van der Waals surface area contributed by atoms with Crippen LogP contribution in [0.4, 0.5) is 0 Å². The zero-order valence-electron chi connectivity index (χ0n) is 13.1. The van der Waals surface area contributed by atoms with Gasteiger partial charge < -0.3 is 4.90 Å². The number of likely N-dealkylation sites (N-methyl/N-ethyl adjacent to an activating group) is 1. The van der Waals surface area contributed by atoms with Gasteiger partial charge in [0.05, 0.1) is 0 Å². The molecular weight excluding hydrogens is 262 g/mol. The summed E-state index contributed by atoms with van der Waals surface area (Å²) in [7, 11) is 1.89. The number of aromatic nitrogens is 2. The first kappa shape index (κ1) is 15.9. The fraction of sp³-hybridized carbons (Fsp3) is 0.706. The molecule has 0 aliphatic heterocycles. The molecule has 0 aromatic carbocycles. The average Bonchev–Trinajstić information content (AvgIpc) is 2.80. The molecule has 0 spiro atoms. The summed E-state index contributed by atoms with van der Waals surface area (Å²) in [4.78, 5) is 22.4. The van der Waals surface area contributed by atoms with Crippen molar-refractivity contribution in [2.75, 3.05) is 13.6 Å². The topological polar surface area (TPSA) is 46.1 Å². The normalized spacial score (nSPS) is 16.4. The van der Waals surface area contributed by atoms with Crippen molar-refractivity contribution in [3.05, 3.63) is 24.3 Å². The van der Waals surface area contributed by atoms with Gasteiger partial charge in [0.15, 0.2) is 0 Å². The second-order valence-electron chi connectivity index (χ2n) is 6.13. The summed E-state index contributed by atoms with van der Waals surface area (Å²) in [6.07, 6.45) is 14.0. The molecule has 0 N–H and O–H groups in total. The van der Waals surface area contributed by atoms with Gasteiger partial charge in [-0.2, -0.15) is 0 Å². The number of amides is 1. The van der Waals surface area contributed by atoms with E-state index in [-0.39, 0.29) is 5.91 Å². The molecule has 1 aromatic rings. The maximum Gasteiger partial charge on any atom is 0.222 e. The van der Waals surface area contributed by atoms with E-state index in [4.69, 9.17) is 0 Å². The predicted molar refractivity (Wildman–Crippen MR) is 83.8 cm³/mol. The molecule has 1 aromatic heterocycles. The Kier molecular flexibility index (Phi) is 6.64. The lowest BCUT2D eigenvalue weighted by molar-refractivity contribution is -0.130. The van der Waals surface area contributed by atoms with Crippen LogP contribution in [0.2, 0.25) is 0 Å². The van der Waals surface area contributed by atoms with E-state index in [9.17, 15) is 4.79 Å². The Hall–Kier alpha value is -1.45. The quantitative estimate of drug-likeness (QED) is 0.755. The van der Waals surface area contributed by atoms with Crippen molar-refractivity contribution >= 4 is 5.91 Å². The Bertz CT molecular complexity index is 413. The van der Waals surface area contributed by atoms with Crippen LogP contribution in [0.1, 0.15) is 57.2 Å². The number of rotatable bonds is 6. The first-order valence-electron chi connectivity index (χ1n) is 8.25. The molecule has 0 atom stereocenters. The second-order valence-corrected chi connectivity index (χ2v) is 6.13. The van der Waals surface area contributed by atoms with E-state index in [1.165, 1.54) is 38.5 Å². The molecule has 2 rings (SSSR count). The van der Waals surface area contributed by atoms with Crippen LogP contribution >= 0.6 is 0 Å². The Labute approximate surface area is 128 Å². The first-order chi connectivity index (χ1) is 10.3. The number of nitrogens with zero attached hydrogens (tertiary/aromatic N) is 3. The van der Waals surface area contributed by atoms with Crippen LogP contribution in [0.5, 0.6) is 0 Å². The zero-order valence-corrected chi connectivity index (χ0v) is 13.1. The van der Waals surface area contributed by atoms with Gasteiger partial charge in [-0.15, -0.1) is 0 Å². The molecule has 1 heterocycles. The minimum absolute atomic E-state index is 0.259. The van der Waals surface area contributed by atoms with E-state index >= 15 is 0 Å². The third kappa shape index (κ3) is 5.82. The van der Waals surface area contributed by atoms with E-state index in [0.29, 0.717) is 13.0 Å². The van der Waals surface area contributed by atoms with E-state index in [2.05, 4.69) is 9.97 Å². The summed E-state index contributed by atoms with van der Waals surface area (Å²) in [5, 5.41) is 0. The van der Waals surface area contributed by atoms with Gasteiger partial charge in [0.25, 0.3) is 0 Å². The lowest BCUT2D eigenvalue weighted by atomic mass is 9.95. The Morgan fingerprint density at radius 2 is 1.86 bits per heavy atom. The van der Waals surface area contributed by atoms with Gasteiger partial charge in [-0.3, -0.25) is 4.79 Å². The molecule has 21 heavy (non-hydrogen) atoms. The second kappa shape index (κ2) is 8.75. The van der Waals surface area contributed by atoms with Crippen LogP contribution in [0.3, 0.4) is 0 Å². The summed E-state index contributed by atoms with van der Waals surface area (Å²) in [6.45, 7) is 0.702. The van der Waals surface area contributed by atoms with E-state index in [1.807, 2.05) is 18.0 Å². The van der Waals surface area contributed by atoms with E-state index in [0.717, 1.165) is 24.6 Å². The van der Waals surface area contributed by atoms with Gasteiger partial charge in [-0.1, -0.05) is 38.5 Å². The Morgan fingerprint density at radius 1 is 1.19 bits per heavy atom. The average molecular weight is 289 g/mol. The van der Waals surface area contributed by atoms with Crippen LogP contribution in [0.15, 0.2) is 18.5 Å². The predicted octanol–water partition coefficient (Wildman–Crippen LogP) is 3.23. The molecule has 0 radical (unpaired) electrons. The number of hydrogen-bond donors (Lipinski definition) is 0. The summed E-state index contributed by atoms with van der Waals surface area (Å²) < 4.78 is 0. The van der Waals surface area contributed by atoms with Gasteiger partial charge in [-0.25, -0.2) is 9.97 Å². The molecule has 0 bridgehead atoms. The largest absolute Gasteiger partial charge is 0.345 e. The SMILES string of the molecule is CN(CCc1ncccn1)C(=O)CCC1CCCCCC1. The van der Waals surface area contributed by atoms with Crippen molar-refractivity contribution in [1.82, 2.24) is 14.9 Å². The number of carbonyl (C=O) groups is 1. The molecule has 1 saturated carbocycles. The summed E-state index contributed by atoms with van der Waals surface area (Å²) in [6, 6.07) is 1.81.